The van der Waals surface area contributed by atoms with Crippen molar-refractivity contribution in [1.82, 2.24) is 0 Å². The first-order chi connectivity index (χ1) is 9.04. The summed E-state index contributed by atoms with van der Waals surface area (Å²) in [7, 11) is 0. The molecule has 2 rings (SSSR count). The molecule has 0 aromatic heterocycles. The molecule has 102 valence electrons. The van der Waals surface area contributed by atoms with Gasteiger partial charge in [-0.3, -0.25) is 0 Å². The van der Waals surface area contributed by atoms with E-state index in [2.05, 4.69) is 6.07 Å². The molecule has 2 aromatic carbocycles. The van der Waals surface area contributed by atoms with Gasteiger partial charge in [0, 0.05) is 12.6 Å². The molecular weight excluding hydrogens is 238 g/mol. The summed E-state index contributed by atoms with van der Waals surface area (Å²) in [4.78, 5) is 0. The number of anilines is 1. The second-order valence-corrected chi connectivity index (χ2v) is 4.32. The minimum absolute atomic E-state index is 0.0186. The van der Waals surface area contributed by atoms with Crippen LogP contribution in [-0.2, 0) is 0 Å². The lowest BCUT2D eigenvalue weighted by Crippen LogP contribution is -2.20. The Balaban J connectivity index is 0.000000200. The van der Waals surface area contributed by atoms with Crippen LogP contribution in [0.3, 0.4) is 0 Å². The topological polar surface area (TPSA) is 98.3 Å². The van der Waals surface area contributed by atoms with Crippen LogP contribution in [-0.4, -0.2) is 11.7 Å². The molecule has 0 amide bonds. The molecule has 0 aliphatic heterocycles. The Morgan fingerprint density at radius 1 is 1.11 bits per heavy atom. The van der Waals surface area contributed by atoms with Crippen molar-refractivity contribution >= 4 is 5.69 Å². The summed E-state index contributed by atoms with van der Waals surface area (Å²) in [5, 5.41) is 8.79. The van der Waals surface area contributed by atoms with Crippen LogP contribution < -0.4 is 17.2 Å². The number of hydrogen-bond acceptors (Lipinski definition) is 4. The SMILES string of the molecule is Cc1cccc(C(N)CN)c1.Nc1ccccc1O. The van der Waals surface area contributed by atoms with E-state index in [1.165, 1.54) is 5.56 Å². The quantitative estimate of drug-likeness (QED) is 0.489. The zero-order valence-corrected chi connectivity index (χ0v) is 11.1. The van der Waals surface area contributed by atoms with Gasteiger partial charge in [-0.15, -0.1) is 0 Å². The van der Waals surface area contributed by atoms with Gasteiger partial charge in [0.1, 0.15) is 5.75 Å². The van der Waals surface area contributed by atoms with Crippen LogP contribution in [0.4, 0.5) is 5.69 Å². The monoisotopic (exact) mass is 259 g/mol. The number of nitrogen functional groups attached to an aromatic ring is 1. The molecule has 4 nitrogen and oxygen atoms in total. The average Bonchev–Trinajstić information content (AvgIpc) is 2.42. The van der Waals surface area contributed by atoms with Gasteiger partial charge in [-0.2, -0.15) is 0 Å². The van der Waals surface area contributed by atoms with Gasteiger partial charge < -0.3 is 22.3 Å². The molecular formula is C15H21N3O. The fourth-order valence-electron chi connectivity index (χ4n) is 1.52. The highest BCUT2D eigenvalue weighted by atomic mass is 16.3. The van der Waals surface area contributed by atoms with Gasteiger partial charge in [0.25, 0.3) is 0 Å². The molecule has 0 aliphatic carbocycles. The Bertz CT molecular complexity index is 493. The van der Waals surface area contributed by atoms with Crippen molar-refractivity contribution in [3.63, 3.8) is 0 Å². The van der Waals surface area contributed by atoms with Gasteiger partial charge in [-0.1, -0.05) is 42.0 Å². The highest BCUT2D eigenvalue weighted by Crippen LogP contribution is 2.16. The van der Waals surface area contributed by atoms with E-state index in [0.717, 1.165) is 5.56 Å². The Labute approximate surface area is 113 Å². The Morgan fingerprint density at radius 3 is 2.26 bits per heavy atom. The number of aromatic hydroxyl groups is 1. The van der Waals surface area contributed by atoms with Crippen LogP contribution in [0.5, 0.6) is 5.75 Å². The number of phenolic OH excluding ortho intramolecular Hbond substituents is 1. The van der Waals surface area contributed by atoms with Gasteiger partial charge in [-0.25, -0.2) is 0 Å². The van der Waals surface area contributed by atoms with Crippen LogP contribution in [0, 0.1) is 6.92 Å². The lowest BCUT2D eigenvalue weighted by Gasteiger charge is -2.08. The third kappa shape index (κ3) is 4.99. The fraction of sp³-hybridized carbons (Fsp3) is 0.200. The first-order valence-corrected chi connectivity index (χ1v) is 6.10. The fourth-order valence-corrected chi connectivity index (χ4v) is 1.52. The Hall–Kier alpha value is -2.04. The second-order valence-electron chi connectivity index (χ2n) is 4.32. The van der Waals surface area contributed by atoms with Crippen LogP contribution in [0.25, 0.3) is 0 Å². The second kappa shape index (κ2) is 7.41. The molecule has 7 N–H and O–H groups in total. The van der Waals surface area contributed by atoms with Crippen molar-refractivity contribution in [3.8, 4) is 5.75 Å². The maximum Gasteiger partial charge on any atom is 0.138 e. The van der Waals surface area contributed by atoms with Crippen molar-refractivity contribution in [2.24, 2.45) is 11.5 Å². The molecule has 2 aromatic rings. The molecule has 19 heavy (non-hydrogen) atoms. The van der Waals surface area contributed by atoms with Crippen LogP contribution in [0.1, 0.15) is 17.2 Å². The van der Waals surface area contributed by atoms with E-state index in [-0.39, 0.29) is 11.8 Å². The first-order valence-electron chi connectivity index (χ1n) is 6.10. The lowest BCUT2D eigenvalue weighted by molar-refractivity contribution is 0.478. The molecule has 0 radical (unpaired) electrons. The smallest absolute Gasteiger partial charge is 0.138 e. The number of aryl methyl sites for hydroxylation is 1. The number of hydrogen-bond donors (Lipinski definition) is 4. The zero-order valence-electron chi connectivity index (χ0n) is 11.1. The third-order valence-electron chi connectivity index (χ3n) is 2.66. The predicted molar refractivity (Wildman–Crippen MR) is 79.7 cm³/mol. The summed E-state index contributed by atoms with van der Waals surface area (Å²) in [5.74, 6) is 0.146. The van der Waals surface area contributed by atoms with E-state index in [4.69, 9.17) is 22.3 Å². The van der Waals surface area contributed by atoms with Crippen molar-refractivity contribution in [2.75, 3.05) is 12.3 Å². The summed E-state index contributed by atoms with van der Waals surface area (Å²) < 4.78 is 0. The molecule has 0 fully saturated rings. The largest absolute Gasteiger partial charge is 0.506 e. The molecule has 0 aliphatic rings. The number of para-hydroxylation sites is 2. The van der Waals surface area contributed by atoms with Gasteiger partial charge >= 0.3 is 0 Å². The highest BCUT2D eigenvalue weighted by molar-refractivity contribution is 5.50. The molecule has 0 saturated heterocycles. The van der Waals surface area contributed by atoms with Crippen molar-refractivity contribution < 1.29 is 5.11 Å². The molecule has 0 bridgehead atoms. The van der Waals surface area contributed by atoms with Crippen LogP contribution in [0.15, 0.2) is 48.5 Å². The number of nitrogens with two attached hydrogens (primary N) is 3. The molecule has 0 saturated carbocycles. The standard InChI is InChI=1S/C9H14N2.C6H7NO/c1-7-3-2-4-8(5-7)9(11)6-10;7-5-3-1-2-4-6(5)8/h2-5,9H,6,10-11H2,1H3;1-4,8H,7H2. The van der Waals surface area contributed by atoms with Crippen LogP contribution >= 0.6 is 0 Å². The highest BCUT2D eigenvalue weighted by Gasteiger charge is 2.01. The summed E-state index contributed by atoms with van der Waals surface area (Å²) in [6.07, 6.45) is 0. The minimum atomic E-state index is -0.0186. The molecule has 0 heterocycles. The number of rotatable bonds is 2. The third-order valence-corrected chi connectivity index (χ3v) is 2.66. The molecule has 4 heteroatoms. The number of phenols is 1. The lowest BCUT2D eigenvalue weighted by atomic mass is 10.1. The Morgan fingerprint density at radius 2 is 1.79 bits per heavy atom. The Kier molecular flexibility index (Phi) is 5.85. The normalized spacial score (nSPS) is 11.3. The minimum Gasteiger partial charge on any atom is -0.506 e. The summed E-state index contributed by atoms with van der Waals surface area (Å²) in [6.45, 7) is 2.55. The molecule has 0 spiro atoms. The van der Waals surface area contributed by atoms with Gasteiger partial charge in [-0.05, 0) is 24.6 Å². The summed E-state index contributed by atoms with van der Waals surface area (Å²) in [6, 6.07) is 14.8. The number of benzene rings is 2. The van der Waals surface area contributed by atoms with E-state index in [1.807, 2.05) is 25.1 Å². The van der Waals surface area contributed by atoms with Crippen LogP contribution in [0.2, 0.25) is 0 Å². The maximum atomic E-state index is 8.79. The average molecular weight is 259 g/mol. The summed E-state index contributed by atoms with van der Waals surface area (Å²) >= 11 is 0. The van der Waals surface area contributed by atoms with Crippen molar-refractivity contribution in [2.45, 2.75) is 13.0 Å². The maximum absolute atomic E-state index is 8.79. The molecule has 1 atom stereocenters. The van der Waals surface area contributed by atoms with Crippen molar-refractivity contribution in [1.29, 1.82) is 0 Å². The van der Waals surface area contributed by atoms with Gasteiger partial charge in [0.05, 0.1) is 5.69 Å². The van der Waals surface area contributed by atoms with E-state index in [0.29, 0.717) is 12.2 Å². The van der Waals surface area contributed by atoms with E-state index in [1.54, 1.807) is 24.3 Å². The van der Waals surface area contributed by atoms with E-state index >= 15 is 0 Å². The summed E-state index contributed by atoms with van der Waals surface area (Å²) in [5.41, 5.74) is 19.2. The van der Waals surface area contributed by atoms with E-state index < -0.39 is 0 Å². The van der Waals surface area contributed by atoms with Crippen molar-refractivity contribution in [3.05, 3.63) is 59.7 Å². The first kappa shape index (κ1) is 15.0. The van der Waals surface area contributed by atoms with E-state index in [9.17, 15) is 0 Å². The zero-order chi connectivity index (χ0) is 14.3. The molecule has 1 unspecified atom stereocenters. The predicted octanol–water partition coefficient (Wildman–Crippen LogP) is 1.93. The van der Waals surface area contributed by atoms with Gasteiger partial charge in [0.15, 0.2) is 0 Å². The van der Waals surface area contributed by atoms with Gasteiger partial charge in [0.2, 0.25) is 0 Å².